The van der Waals surface area contributed by atoms with Gasteiger partial charge in [-0.05, 0) is 45.2 Å². The lowest BCUT2D eigenvalue weighted by Gasteiger charge is -2.29. The van der Waals surface area contributed by atoms with Gasteiger partial charge in [0.2, 0.25) is 0 Å². The number of esters is 2. The van der Waals surface area contributed by atoms with Crippen LogP contribution < -0.4 is 37.8 Å². The molecule has 0 saturated carbocycles. The summed E-state index contributed by atoms with van der Waals surface area (Å²) in [6, 6.07) is -4.01. The molecule has 0 spiro atoms. The molecule has 9 N–H and O–H groups in total. The third-order valence-electron chi connectivity index (χ3n) is 15.1. The van der Waals surface area contributed by atoms with E-state index < -0.39 is 42.1 Å². The standard InChI is InChI=1S/C18H30N4O3S.C17H28N4O4S.C13H19N3O3S.C8H14N2S.C5H11NO2S.C4H7NO2/c1-13(2)17-19-15(12-26-17)11-21(4)18(24)20-16(14(3)23)5-6-22-7-9-25-10-8-22;1-12(2)15-18-13(11-26-15)10-20(3)17(24)19-14(16(22)23)4-5-21-6-8-25-9-7-21;1-8(2)11-14-9(7-20-11)6-16(3)13(18)15-10-4-5-19-12(10)17;1-6(2)8-10-7(4-9-3)5-11-8;1-9-3-2-4(6)5(7)8;5-3-1-2-7-4(3)6/h12-13,16H,5-11H2,1-4H3,(H,20,24);11-12,14H,4-10H2,1-3H3,(H,19,24)(H,22,23);7-8,10H,4-6H2,1-3H3,(H,15,18);5-6,9H,4H2,1-3H3;4H,2-3,6H2,1H3,(H,7,8);3H,1-2,5H2/p-1/t16-;14-;10-;;4-;3-/m000.00/s1. The lowest BCUT2D eigenvalue weighted by Crippen LogP contribution is -2.52. The van der Waals surface area contributed by atoms with E-state index in [-0.39, 0.29) is 35.8 Å². The number of amides is 6. The number of carboxylic acid groups (broad SMARTS) is 2. The van der Waals surface area contributed by atoms with Crippen LogP contribution in [0.1, 0.15) is 161 Å². The fraction of sp³-hybridized carbons (Fsp3) is 0.692. The Morgan fingerprint density at radius 2 is 1.00 bits per heavy atom. The molecular weight excluding hydrogens is 1380 g/mol. The number of carbonyl (C=O) groups excluding carboxylic acids is 7. The van der Waals surface area contributed by atoms with E-state index >= 15 is 0 Å². The predicted molar refractivity (Wildman–Crippen MR) is 386 cm³/mol. The second-order valence-corrected chi connectivity index (χ2v) is 29.6. The van der Waals surface area contributed by atoms with Crippen LogP contribution in [0.4, 0.5) is 14.4 Å². The van der Waals surface area contributed by atoms with Crippen LogP contribution in [0.15, 0.2) is 21.5 Å². The van der Waals surface area contributed by atoms with Crippen LogP contribution in [0, 0.1) is 0 Å². The zero-order valence-electron chi connectivity index (χ0n) is 60.0. The number of urea groups is 3. The maximum Gasteiger partial charge on any atom is 0.328 e. The van der Waals surface area contributed by atoms with Gasteiger partial charge < -0.3 is 81.4 Å². The summed E-state index contributed by atoms with van der Waals surface area (Å²) < 4.78 is 19.9. The molecule has 8 heterocycles. The van der Waals surface area contributed by atoms with Crippen LogP contribution in [0.3, 0.4) is 0 Å². The summed E-state index contributed by atoms with van der Waals surface area (Å²) in [4.78, 5) is 119. The molecule has 4 aromatic heterocycles. The van der Waals surface area contributed by atoms with E-state index in [1.807, 2.05) is 29.4 Å². The molecule has 8 rings (SSSR count). The Hall–Kier alpha value is -6.05. The highest BCUT2D eigenvalue weighted by molar-refractivity contribution is 7.98. The van der Waals surface area contributed by atoms with Gasteiger partial charge in [-0.3, -0.25) is 24.2 Å². The minimum atomic E-state index is -1.27. The van der Waals surface area contributed by atoms with Crippen LogP contribution in [0.25, 0.3) is 0 Å². The Kier molecular flexibility index (Phi) is 41.6. The van der Waals surface area contributed by atoms with Gasteiger partial charge in [0.15, 0.2) is 5.78 Å². The van der Waals surface area contributed by atoms with Gasteiger partial charge >= 0.3 is 36.0 Å². The highest BCUT2D eigenvalue weighted by Gasteiger charge is 2.30. The molecule has 0 aliphatic carbocycles. The summed E-state index contributed by atoms with van der Waals surface area (Å²) in [5.74, 6) is -0.330. The van der Waals surface area contributed by atoms with Gasteiger partial charge in [-0.25, -0.2) is 39.1 Å². The van der Waals surface area contributed by atoms with E-state index in [1.54, 1.807) is 83.2 Å². The van der Waals surface area contributed by atoms with Crippen molar-refractivity contribution in [1.29, 1.82) is 0 Å². The van der Waals surface area contributed by atoms with Crippen molar-refractivity contribution in [3.8, 4) is 0 Å². The lowest BCUT2D eigenvalue weighted by molar-refractivity contribution is -0.308. The highest BCUT2D eigenvalue weighted by Crippen LogP contribution is 2.23. The van der Waals surface area contributed by atoms with Gasteiger partial charge in [-0.2, -0.15) is 11.8 Å². The first-order chi connectivity index (χ1) is 46.9. The first-order valence-corrected chi connectivity index (χ1v) is 38.2. The second-order valence-electron chi connectivity index (χ2n) is 25.1. The molecule has 4 saturated heterocycles. The number of hydrogen-bond acceptors (Lipinski definition) is 27. The number of nitrogens with one attached hydrogen (secondary N) is 4. The molecule has 4 aliphatic rings. The third kappa shape index (κ3) is 34.5. The molecule has 6 amide bonds. The SMILES string of the molecule is CC(=O)[C@H](CCN1CCOCC1)NC(=O)N(C)Cc1csc(C(C)C)n1.CC(C)c1nc(CN(C)C(=O)N[C@@H](CCN2CCOCC2)C(=O)[O-])cs1.CC(C)c1nc(CN(C)C(=O)N[C@H]2CCOC2=O)cs1.CNCc1csc(C(C)C)n1.CSCC[C@H](N)C(=O)O.N[C@H]1CCOC1=O. The van der Waals surface area contributed by atoms with Crippen LogP contribution in [0.5, 0.6) is 0 Å². The Morgan fingerprint density at radius 3 is 1.32 bits per heavy atom. The van der Waals surface area contributed by atoms with Crippen molar-refractivity contribution in [3.05, 3.63) is 64.3 Å². The van der Waals surface area contributed by atoms with Gasteiger partial charge in [-0.1, -0.05) is 55.4 Å². The maximum absolute atomic E-state index is 12.5. The lowest BCUT2D eigenvalue weighted by atomic mass is 10.1. The number of ether oxygens (including phenoxy) is 4. The summed E-state index contributed by atoms with van der Waals surface area (Å²) in [7, 11) is 6.97. The molecule has 5 atom stereocenters. The number of thioether (sulfide) groups is 1. The Morgan fingerprint density at radius 1 is 0.616 bits per heavy atom. The molecule has 0 bridgehead atoms. The van der Waals surface area contributed by atoms with Gasteiger partial charge in [0, 0.05) is 125 Å². The average molecular weight is 1480 g/mol. The van der Waals surface area contributed by atoms with Gasteiger partial charge in [0.1, 0.15) is 18.1 Å². The van der Waals surface area contributed by atoms with E-state index in [0.29, 0.717) is 108 Å². The first-order valence-electron chi connectivity index (χ1n) is 33.3. The zero-order valence-corrected chi connectivity index (χ0v) is 64.1. The van der Waals surface area contributed by atoms with Crippen molar-refractivity contribution in [3.63, 3.8) is 0 Å². The summed E-state index contributed by atoms with van der Waals surface area (Å²) in [5.41, 5.74) is 14.1. The minimum absolute atomic E-state index is 0.0178. The van der Waals surface area contributed by atoms with Crippen LogP contribution in [0.2, 0.25) is 0 Å². The summed E-state index contributed by atoms with van der Waals surface area (Å²) in [6.07, 6.45) is 4.61. The predicted octanol–water partition coefficient (Wildman–Crippen LogP) is 5.46. The van der Waals surface area contributed by atoms with E-state index in [4.69, 9.17) is 30.8 Å². The number of rotatable bonds is 27. The molecule has 4 aliphatic heterocycles. The van der Waals surface area contributed by atoms with Crippen molar-refractivity contribution >= 4 is 105 Å². The van der Waals surface area contributed by atoms with Crippen LogP contribution in [-0.2, 0) is 69.1 Å². The molecule has 0 radical (unpaired) electrons. The number of nitrogens with two attached hydrogens (primary N) is 2. The van der Waals surface area contributed by atoms with E-state index in [0.717, 1.165) is 96.0 Å². The molecule has 4 fully saturated rings. The molecular formula is C65H108N15O14S5-. The monoisotopic (exact) mass is 1480 g/mol. The molecule has 0 aromatic carbocycles. The maximum atomic E-state index is 12.5. The largest absolute Gasteiger partial charge is 0.548 e. The number of thiazole rings is 4. The molecule has 558 valence electrons. The number of aromatic nitrogens is 4. The topological polar surface area (TPSA) is 385 Å². The second kappa shape index (κ2) is 47.2. The normalized spacial score (nSPS) is 16.9. The molecule has 0 unspecified atom stereocenters. The molecule has 34 heteroatoms. The van der Waals surface area contributed by atoms with E-state index in [2.05, 4.69) is 117 Å². The highest BCUT2D eigenvalue weighted by atomic mass is 32.2. The van der Waals surface area contributed by atoms with E-state index in [1.165, 1.54) is 21.7 Å². The van der Waals surface area contributed by atoms with Crippen molar-refractivity contribution in [1.82, 2.24) is 65.7 Å². The smallest absolute Gasteiger partial charge is 0.328 e. The first kappa shape index (κ1) is 87.2. The Bertz CT molecular complexity index is 2940. The van der Waals surface area contributed by atoms with Crippen molar-refractivity contribution < 1.29 is 67.5 Å². The summed E-state index contributed by atoms with van der Waals surface area (Å²) in [5, 5.41) is 43.2. The number of carbonyl (C=O) groups is 8. The number of ketones is 1. The van der Waals surface area contributed by atoms with Gasteiger partial charge in [0.05, 0.1) is 120 Å². The number of cyclic esters (lactones) is 2. The zero-order chi connectivity index (χ0) is 73.7. The van der Waals surface area contributed by atoms with Crippen molar-refractivity contribution in [2.24, 2.45) is 11.5 Å². The Labute approximate surface area is 604 Å². The van der Waals surface area contributed by atoms with Crippen LogP contribution >= 0.6 is 57.1 Å². The molecule has 4 aromatic rings. The number of nitrogens with zero attached hydrogens (tertiary/aromatic N) is 9. The fourth-order valence-electron chi connectivity index (χ4n) is 8.96. The molecule has 29 nitrogen and oxygen atoms in total. The number of aliphatic carboxylic acids is 2. The van der Waals surface area contributed by atoms with E-state index in [9.17, 15) is 43.5 Å². The fourth-order valence-corrected chi connectivity index (χ4v) is 12.8. The van der Waals surface area contributed by atoms with Gasteiger partial charge in [0.25, 0.3) is 0 Å². The Balaban J connectivity index is 0.000000327. The average Bonchev–Trinajstić information content (AvgIpc) is 1.84. The quantitative estimate of drug-likeness (QED) is 0.0364. The number of Topliss-reactive ketones (excluding diaryl/α,β-unsaturated/α-hetero) is 1. The number of carboxylic acids is 2. The minimum Gasteiger partial charge on any atom is -0.548 e. The number of morpholine rings is 2. The summed E-state index contributed by atoms with van der Waals surface area (Å²) in [6.45, 7) is 28.7. The van der Waals surface area contributed by atoms with Crippen molar-refractivity contribution in [2.45, 2.75) is 174 Å². The number of hydrogen-bond donors (Lipinski definition) is 7. The van der Waals surface area contributed by atoms with Crippen LogP contribution in [-0.4, -0.2) is 247 Å². The van der Waals surface area contributed by atoms with Gasteiger partial charge in [-0.15, -0.1) is 45.3 Å². The molecule has 99 heavy (non-hydrogen) atoms. The third-order valence-corrected chi connectivity index (χ3v) is 20.5. The van der Waals surface area contributed by atoms with Crippen molar-refractivity contribution in [2.75, 3.05) is 119 Å². The summed E-state index contributed by atoms with van der Waals surface area (Å²) >= 11 is 8.13.